The maximum absolute atomic E-state index is 12.3. The lowest BCUT2D eigenvalue weighted by atomic mass is 10.3. The van der Waals surface area contributed by atoms with E-state index in [0.717, 1.165) is 11.4 Å². The summed E-state index contributed by atoms with van der Waals surface area (Å²) in [5.41, 5.74) is 2.42. The van der Waals surface area contributed by atoms with Crippen molar-refractivity contribution in [2.24, 2.45) is 0 Å². The van der Waals surface area contributed by atoms with Gasteiger partial charge in [0.1, 0.15) is 0 Å². The molecule has 0 aliphatic heterocycles. The monoisotopic (exact) mass is 361 g/mol. The van der Waals surface area contributed by atoms with Crippen LogP contribution in [0.3, 0.4) is 0 Å². The standard InChI is InChI=1S/C16H16ClN5OS/c1-9-8-10(2)22-15(18-9)20-16(21-22)24-11(3)14(23)19-13-7-5-4-6-12(13)17/h4-8,11H,1-3H3,(H,19,23). The maximum atomic E-state index is 12.3. The normalized spacial score (nSPS) is 12.3. The Morgan fingerprint density at radius 2 is 2.04 bits per heavy atom. The van der Waals surface area contributed by atoms with E-state index in [1.54, 1.807) is 23.6 Å². The van der Waals surface area contributed by atoms with Gasteiger partial charge in [0.25, 0.3) is 5.78 Å². The van der Waals surface area contributed by atoms with Gasteiger partial charge >= 0.3 is 0 Å². The number of rotatable bonds is 4. The van der Waals surface area contributed by atoms with Gasteiger partial charge in [-0.2, -0.15) is 4.98 Å². The lowest BCUT2D eigenvalue weighted by Crippen LogP contribution is -2.22. The number of carbonyl (C=O) groups excluding carboxylic acids is 1. The molecule has 0 radical (unpaired) electrons. The number of para-hydroxylation sites is 1. The number of anilines is 1. The van der Waals surface area contributed by atoms with Crippen LogP contribution in [0.25, 0.3) is 5.78 Å². The highest BCUT2D eigenvalue weighted by molar-refractivity contribution is 8.00. The molecule has 2 aromatic heterocycles. The first-order chi connectivity index (χ1) is 11.4. The number of amides is 1. The van der Waals surface area contributed by atoms with Gasteiger partial charge in [0.05, 0.1) is 16.0 Å². The van der Waals surface area contributed by atoms with Crippen molar-refractivity contribution in [2.75, 3.05) is 5.32 Å². The number of carbonyl (C=O) groups is 1. The SMILES string of the molecule is Cc1cc(C)n2nc(SC(C)C(=O)Nc3ccccc3Cl)nc2n1. The van der Waals surface area contributed by atoms with Gasteiger partial charge in [0.2, 0.25) is 11.1 Å². The molecule has 6 nitrogen and oxygen atoms in total. The van der Waals surface area contributed by atoms with E-state index in [0.29, 0.717) is 21.6 Å². The third kappa shape index (κ3) is 3.52. The molecule has 0 fully saturated rings. The third-order valence-corrected chi connectivity index (χ3v) is 4.66. The molecule has 3 rings (SSSR count). The molecule has 24 heavy (non-hydrogen) atoms. The highest BCUT2D eigenvalue weighted by atomic mass is 35.5. The predicted molar refractivity (Wildman–Crippen MR) is 95.7 cm³/mol. The van der Waals surface area contributed by atoms with Crippen molar-refractivity contribution in [1.29, 1.82) is 0 Å². The first-order valence-electron chi connectivity index (χ1n) is 7.37. The second kappa shape index (κ2) is 6.78. The van der Waals surface area contributed by atoms with Crippen LogP contribution < -0.4 is 5.32 Å². The summed E-state index contributed by atoms with van der Waals surface area (Å²) < 4.78 is 1.67. The Kier molecular flexibility index (Phi) is 4.73. The number of thioether (sulfide) groups is 1. The first-order valence-corrected chi connectivity index (χ1v) is 8.63. The van der Waals surface area contributed by atoms with E-state index in [-0.39, 0.29) is 11.2 Å². The Bertz CT molecular complexity index is 911. The third-order valence-electron chi connectivity index (χ3n) is 3.38. The fourth-order valence-electron chi connectivity index (χ4n) is 2.21. The average Bonchev–Trinajstić information content (AvgIpc) is 2.92. The number of halogens is 1. The zero-order chi connectivity index (χ0) is 17.3. The zero-order valence-corrected chi connectivity index (χ0v) is 15.0. The summed E-state index contributed by atoms with van der Waals surface area (Å²) in [6, 6.07) is 9.06. The Morgan fingerprint density at radius 1 is 1.29 bits per heavy atom. The number of hydrogen-bond donors (Lipinski definition) is 1. The molecule has 0 bridgehead atoms. The van der Waals surface area contributed by atoms with Crippen LogP contribution in [0.2, 0.25) is 5.02 Å². The van der Waals surface area contributed by atoms with E-state index >= 15 is 0 Å². The molecule has 8 heteroatoms. The van der Waals surface area contributed by atoms with E-state index in [9.17, 15) is 4.79 Å². The second-order valence-corrected chi connectivity index (χ2v) is 7.09. The Morgan fingerprint density at radius 3 is 2.79 bits per heavy atom. The van der Waals surface area contributed by atoms with E-state index in [1.807, 2.05) is 32.0 Å². The minimum Gasteiger partial charge on any atom is -0.324 e. The van der Waals surface area contributed by atoms with E-state index in [4.69, 9.17) is 11.6 Å². The van der Waals surface area contributed by atoms with Crippen molar-refractivity contribution in [3.8, 4) is 0 Å². The van der Waals surface area contributed by atoms with Gasteiger partial charge in [-0.05, 0) is 39.0 Å². The fraction of sp³-hybridized carbons (Fsp3) is 0.250. The summed E-state index contributed by atoms with van der Waals surface area (Å²) in [6.07, 6.45) is 0. The van der Waals surface area contributed by atoms with Gasteiger partial charge in [-0.15, -0.1) is 5.10 Å². The molecule has 2 heterocycles. The summed E-state index contributed by atoms with van der Waals surface area (Å²) in [5.74, 6) is 0.376. The van der Waals surface area contributed by atoms with Crippen LogP contribution in [0.1, 0.15) is 18.3 Å². The minimum absolute atomic E-state index is 0.159. The van der Waals surface area contributed by atoms with Crippen molar-refractivity contribution in [2.45, 2.75) is 31.2 Å². The molecule has 3 aromatic rings. The fourth-order valence-corrected chi connectivity index (χ4v) is 3.13. The van der Waals surface area contributed by atoms with Crippen LogP contribution in [0.5, 0.6) is 0 Å². The summed E-state index contributed by atoms with van der Waals surface area (Å²) >= 11 is 7.34. The van der Waals surface area contributed by atoms with Crippen LogP contribution in [-0.4, -0.2) is 30.7 Å². The molecule has 0 spiro atoms. The van der Waals surface area contributed by atoms with Crippen LogP contribution >= 0.6 is 23.4 Å². The summed E-state index contributed by atoms with van der Waals surface area (Å²) in [6.45, 7) is 5.65. The molecule has 1 aromatic carbocycles. The number of fused-ring (bicyclic) bond motifs is 1. The van der Waals surface area contributed by atoms with E-state index in [2.05, 4.69) is 20.4 Å². The summed E-state index contributed by atoms with van der Waals surface area (Å²) in [4.78, 5) is 21.1. The number of aryl methyl sites for hydroxylation is 2. The maximum Gasteiger partial charge on any atom is 0.253 e. The van der Waals surface area contributed by atoms with Crippen LogP contribution in [0.4, 0.5) is 5.69 Å². The highest BCUT2D eigenvalue weighted by Crippen LogP contribution is 2.24. The molecule has 0 aliphatic rings. The molecule has 1 atom stereocenters. The predicted octanol–water partition coefficient (Wildman–Crippen LogP) is 3.51. The van der Waals surface area contributed by atoms with Gasteiger partial charge in [-0.3, -0.25) is 4.79 Å². The Labute approximate surface area is 148 Å². The summed E-state index contributed by atoms with van der Waals surface area (Å²) in [5, 5.41) is 7.86. The van der Waals surface area contributed by atoms with Crippen LogP contribution in [0.15, 0.2) is 35.5 Å². The van der Waals surface area contributed by atoms with Gasteiger partial charge in [-0.25, -0.2) is 9.50 Å². The Balaban J connectivity index is 1.74. The molecule has 1 unspecified atom stereocenters. The Hall–Kier alpha value is -2.12. The lowest BCUT2D eigenvalue weighted by molar-refractivity contribution is -0.115. The number of benzene rings is 1. The van der Waals surface area contributed by atoms with Crippen LogP contribution in [0, 0.1) is 13.8 Å². The molecular weight excluding hydrogens is 346 g/mol. The first kappa shape index (κ1) is 16.7. The summed E-state index contributed by atoms with van der Waals surface area (Å²) in [7, 11) is 0. The van der Waals surface area contributed by atoms with Gasteiger partial charge in [0.15, 0.2) is 0 Å². The molecule has 0 saturated heterocycles. The average molecular weight is 362 g/mol. The molecule has 1 N–H and O–H groups in total. The number of nitrogens with one attached hydrogen (secondary N) is 1. The second-order valence-electron chi connectivity index (χ2n) is 5.37. The molecular formula is C16H16ClN5OS. The van der Waals surface area contributed by atoms with Gasteiger partial charge in [0, 0.05) is 11.4 Å². The largest absolute Gasteiger partial charge is 0.324 e. The topological polar surface area (TPSA) is 72.2 Å². The quantitative estimate of drug-likeness (QED) is 0.720. The highest BCUT2D eigenvalue weighted by Gasteiger charge is 2.19. The molecule has 0 aliphatic carbocycles. The lowest BCUT2D eigenvalue weighted by Gasteiger charge is -2.11. The number of hydrogen-bond acceptors (Lipinski definition) is 5. The van der Waals surface area contributed by atoms with Crippen LogP contribution in [-0.2, 0) is 4.79 Å². The molecule has 124 valence electrons. The number of nitrogens with zero attached hydrogens (tertiary/aromatic N) is 4. The van der Waals surface area contributed by atoms with E-state index < -0.39 is 0 Å². The molecule has 0 saturated carbocycles. The van der Waals surface area contributed by atoms with Crippen molar-refractivity contribution in [3.63, 3.8) is 0 Å². The van der Waals surface area contributed by atoms with Crippen molar-refractivity contribution < 1.29 is 4.79 Å². The smallest absolute Gasteiger partial charge is 0.253 e. The van der Waals surface area contributed by atoms with Gasteiger partial charge < -0.3 is 5.32 Å². The minimum atomic E-state index is -0.375. The van der Waals surface area contributed by atoms with Crippen molar-refractivity contribution in [3.05, 3.63) is 46.7 Å². The molecule has 1 amide bonds. The number of aromatic nitrogens is 4. The zero-order valence-electron chi connectivity index (χ0n) is 13.4. The van der Waals surface area contributed by atoms with E-state index in [1.165, 1.54) is 11.8 Å². The van der Waals surface area contributed by atoms with Gasteiger partial charge in [-0.1, -0.05) is 35.5 Å². The van der Waals surface area contributed by atoms with Crippen molar-refractivity contribution >= 4 is 40.7 Å². The van der Waals surface area contributed by atoms with Crippen molar-refractivity contribution in [1.82, 2.24) is 19.6 Å².